The first kappa shape index (κ1) is 14.2. The molecule has 0 aliphatic heterocycles. The number of anilines is 1. The van der Waals surface area contributed by atoms with E-state index >= 15 is 0 Å². The smallest absolute Gasteiger partial charge is 0.0995 e. The average molecular weight is 309 g/mol. The molecule has 108 valence electrons. The van der Waals surface area contributed by atoms with Crippen molar-refractivity contribution in [2.24, 2.45) is 0 Å². The van der Waals surface area contributed by atoms with Crippen molar-refractivity contribution in [2.75, 3.05) is 5.32 Å². The van der Waals surface area contributed by atoms with Crippen LogP contribution in [0.15, 0.2) is 60.9 Å². The minimum Gasteiger partial charge on any atom is -0.381 e. The molecule has 0 spiro atoms. The van der Waals surface area contributed by atoms with Gasteiger partial charge in [0.05, 0.1) is 22.3 Å². The fourth-order valence-corrected chi connectivity index (χ4v) is 2.46. The van der Waals surface area contributed by atoms with Gasteiger partial charge < -0.3 is 5.32 Å². The predicted octanol–water partition coefficient (Wildman–Crippen LogP) is 4.01. The van der Waals surface area contributed by atoms with Crippen LogP contribution in [0.3, 0.4) is 0 Å². The second kappa shape index (κ2) is 6.33. The Morgan fingerprint density at radius 3 is 2.77 bits per heavy atom. The van der Waals surface area contributed by atoms with Gasteiger partial charge in [-0.1, -0.05) is 29.8 Å². The summed E-state index contributed by atoms with van der Waals surface area (Å²) in [4.78, 5) is 0. The molecule has 0 saturated heterocycles. The van der Waals surface area contributed by atoms with Crippen molar-refractivity contribution in [3.63, 3.8) is 0 Å². The Bertz CT molecular complexity index is 819. The molecule has 1 heterocycles. The van der Waals surface area contributed by atoms with Gasteiger partial charge in [0.1, 0.15) is 0 Å². The molecule has 22 heavy (non-hydrogen) atoms. The quantitative estimate of drug-likeness (QED) is 0.792. The van der Waals surface area contributed by atoms with Crippen molar-refractivity contribution in [2.45, 2.75) is 6.54 Å². The molecule has 0 unspecified atom stereocenters. The molecule has 5 heteroatoms. The van der Waals surface area contributed by atoms with Crippen molar-refractivity contribution in [1.29, 1.82) is 5.26 Å². The van der Waals surface area contributed by atoms with Gasteiger partial charge in [-0.3, -0.25) is 0 Å². The number of nitriles is 1. The summed E-state index contributed by atoms with van der Waals surface area (Å²) < 4.78 is 1.72. The summed E-state index contributed by atoms with van der Waals surface area (Å²) in [6.07, 6.45) is 3.55. The number of hydrogen-bond donors (Lipinski definition) is 1. The maximum absolute atomic E-state index is 9.09. The van der Waals surface area contributed by atoms with Crippen LogP contribution in [-0.4, -0.2) is 9.78 Å². The highest BCUT2D eigenvalue weighted by atomic mass is 35.5. The Hall–Kier alpha value is -2.77. The Morgan fingerprint density at radius 1 is 1.18 bits per heavy atom. The third-order valence-corrected chi connectivity index (χ3v) is 3.62. The molecule has 1 N–H and O–H groups in total. The predicted molar refractivity (Wildman–Crippen MR) is 87.1 cm³/mol. The lowest BCUT2D eigenvalue weighted by Crippen LogP contribution is -2.02. The van der Waals surface area contributed by atoms with Gasteiger partial charge in [0.2, 0.25) is 0 Å². The lowest BCUT2D eigenvalue weighted by Gasteiger charge is -2.10. The number of halogens is 1. The highest BCUT2D eigenvalue weighted by Crippen LogP contribution is 2.24. The summed E-state index contributed by atoms with van der Waals surface area (Å²) in [6, 6.07) is 17.3. The summed E-state index contributed by atoms with van der Waals surface area (Å²) in [5, 5.41) is 17.2. The van der Waals surface area contributed by atoms with E-state index in [4.69, 9.17) is 16.9 Å². The van der Waals surface area contributed by atoms with E-state index in [1.54, 1.807) is 10.9 Å². The summed E-state index contributed by atoms with van der Waals surface area (Å²) in [5.41, 5.74) is 3.36. The van der Waals surface area contributed by atoms with Gasteiger partial charge in [0.25, 0.3) is 0 Å². The van der Waals surface area contributed by atoms with Gasteiger partial charge in [-0.05, 0) is 35.9 Å². The van der Waals surface area contributed by atoms with Crippen LogP contribution in [0.2, 0.25) is 5.02 Å². The standard InChI is InChI=1S/C17H13ClN4/c18-16-10-15(6-7-17(16)22-9-3-8-21-22)20-12-14-5-2-1-4-13(14)11-19/h1-10,20H,12H2. The van der Waals surface area contributed by atoms with E-state index in [0.29, 0.717) is 17.1 Å². The molecule has 3 aromatic rings. The van der Waals surface area contributed by atoms with Crippen molar-refractivity contribution >= 4 is 17.3 Å². The van der Waals surface area contributed by atoms with E-state index in [0.717, 1.165) is 16.9 Å². The maximum Gasteiger partial charge on any atom is 0.0995 e. The SMILES string of the molecule is N#Cc1ccccc1CNc1ccc(-n2cccn2)c(Cl)c1. The summed E-state index contributed by atoms with van der Waals surface area (Å²) in [7, 11) is 0. The molecule has 2 aromatic carbocycles. The van der Waals surface area contributed by atoms with Crippen molar-refractivity contribution in [3.05, 3.63) is 77.1 Å². The van der Waals surface area contributed by atoms with Gasteiger partial charge in [-0.2, -0.15) is 10.4 Å². The van der Waals surface area contributed by atoms with Crippen LogP contribution >= 0.6 is 11.6 Å². The molecule has 3 rings (SSSR count). The Labute approximate surface area is 133 Å². The molecule has 0 radical (unpaired) electrons. The summed E-state index contributed by atoms with van der Waals surface area (Å²) >= 11 is 6.31. The minimum absolute atomic E-state index is 0.571. The minimum atomic E-state index is 0.571. The van der Waals surface area contributed by atoms with Crippen LogP contribution in [0.25, 0.3) is 5.69 Å². The molecule has 0 saturated carbocycles. The molecule has 0 atom stereocenters. The lowest BCUT2D eigenvalue weighted by atomic mass is 10.1. The zero-order valence-corrected chi connectivity index (χ0v) is 12.5. The maximum atomic E-state index is 9.09. The second-order valence-corrected chi connectivity index (χ2v) is 5.15. The van der Waals surface area contributed by atoms with E-state index in [1.807, 2.05) is 54.7 Å². The van der Waals surface area contributed by atoms with Crippen LogP contribution in [0, 0.1) is 11.3 Å². The van der Waals surface area contributed by atoms with Crippen molar-refractivity contribution in [1.82, 2.24) is 9.78 Å². The Morgan fingerprint density at radius 2 is 2.05 bits per heavy atom. The first-order valence-corrected chi connectivity index (χ1v) is 7.17. The average Bonchev–Trinajstić information content (AvgIpc) is 3.07. The van der Waals surface area contributed by atoms with E-state index in [2.05, 4.69) is 16.5 Å². The van der Waals surface area contributed by atoms with Gasteiger partial charge in [-0.25, -0.2) is 4.68 Å². The third kappa shape index (κ3) is 2.95. The zero-order valence-electron chi connectivity index (χ0n) is 11.7. The van der Waals surface area contributed by atoms with Crippen LogP contribution in [0.4, 0.5) is 5.69 Å². The first-order chi connectivity index (χ1) is 10.8. The summed E-state index contributed by atoms with van der Waals surface area (Å²) in [5.74, 6) is 0. The van der Waals surface area contributed by atoms with E-state index in [9.17, 15) is 0 Å². The van der Waals surface area contributed by atoms with Crippen molar-refractivity contribution in [3.8, 4) is 11.8 Å². The van der Waals surface area contributed by atoms with Crippen LogP contribution < -0.4 is 5.32 Å². The number of rotatable bonds is 4. The van der Waals surface area contributed by atoms with Gasteiger partial charge >= 0.3 is 0 Å². The normalized spacial score (nSPS) is 10.2. The Balaban J connectivity index is 1.77. The number of nitrogens with one attached hydrogen (secondary N) is 1. The number of hydrogen-bond acceptors (Lipinski definition) is 3. The number of aromatic nitrogens is 2. The Kier molecular flexibility index (Phi) is 4.08. The van der Waals surface area contributed by atoms with Gasteiger partial charge in [-0.15, -0.1) is 0 Å². The number of benzene rings is 2. The van der Waals surface area contributed by atoms with E-state index in [-0.39, 0.29) is 0 Å². The second-order valence-electron chi connectivity index (χ2n) is 4.74. The molecular formula is C17H13ClN4. The van der Waals surface area contributed by atoms with Crippen LogP contribution in [0.1, 0.15) is 11.1 Å². The first-order valence-electron chi connectivity index (χ1n) is 6.79. The number of nitrogens with zero attached hydrogens (tertiary/aromatic N) is 3. The molecular weight excluding hydrogens is 296 g/mol. The summed E-state index contributed by atoms with van der Waals surface area (Å²) in [6.45, 7) is 0.571. The third-order valence-electron chi connectivity index (χ3n) is 3.32. The molecule has 0 amide bonds. The highest BCUT2D eigenvalue weighted by Gasteiger charge is 2.05. The molecule has 0 aliphatic carbocycles. The molecule has 0 aliphatic rings. The van der Waals surface area contributed by atoms with Crippen molar-refractivity contribution < 1.29 is 0 Å². The van der Waals surface area contributed by atoms with E-state index < -0.39 is 0 Å². The largest absolute Gasteiger partial charge is 0.381 e. The topological polar surface area (TPSA) is 53.6 Å². The monoisotopic (exact) mass is 308 g/mol. The van der Waals surface area contributed by atoms with E-state index in [1.165, 1.54) is 0 Å². The highest BCUT2D eigenvalue weighted by molar-refractivity contribution is 6.32. The molecule has 4 nitrogen and oxygen atoms in total. The van der Waals surface area contributed by atoms with Gasteiger partial charge in [0, 0.05) is 24.6 Å². The fraction of sp³-hybridized carbons (Fsp3) is 0.0588. The fourth-order valence-electron chi connectivity index (χ4n) is 2.19. The molecule has 0 fully saturated rings. The zero-order chi connectivity index (χ0) is 15.4. The molecule has 1 aromatic heterocycles. The van der Waals surface area contributed by atoms with Crippen LogP contribution in [0.5, 0.6) is 0 Å². The lowest BCUT2D eigenvalue weighted by molar-refractivity contribution is 0.881. The van der Waals surface area contributed by atoms with Gasteiger partial charge in [0.15, 0.2) is 0 Å². The van der Waals surface area contributed by atoms with Crippen LogP contribution in [-0.2, 0) is 6.54 Å². The molecule has 0 bridgehead atoms.